The number of aromatic nitrogens is 1. The zero-order valence-corrected chi connectivity index (χ0v) is 25.6. The van der Waals surface area contributed by atoms with Crippen LogP contribution in [0.1, 0.15) is 39.0 Å². The lowest BCUT2D eigenvalue weighted by molar-refractivity contribution is 0.223. The van der Waals surface area contributed by atoms with Crippen LogP contribution >= 0.6 is 11.3 Å². The first kappa shape index (κ1) is 29.6. The molecule has 3 aromatic carbocycles. The number of ether oxygens (including phenoxy) is 1. The van der Waals surface area contributed by atoms with Crippen molar-refractivity contribution in [2.75, 3.05) is 30.5 Å². The quantitative estimate of drug-likeness (QED) is 0.174. The number of fused-ring (bicyclic) bond motifs is 2. The Labute approximate surface area is 242 Å². The van der Waals surface area contributed by atoms with E-state index in [1.165, 1.54) is 15.6 Å². The van der Waals surface area contributed by atoms with Crippen molar-refractivity contribution in [1.82, 2.24) is 9.88 Å². The molecule has 0 aliphatic rings. The highest BCUT2D eigenvalue weighted by Gasteiger charge is 2.29. The molecule has 0 fully saturated rings. The van der Waals surface area contributed by atoms with Gasteiger partial charge in [-0.3, -0.25) is 4.31 Å². The van der Waals surface area contributed by atoms with Gasteiger partial charge in [-0.05, 0) is 49.8 Å². The molecule has 0 radical (unpaired) electrons. The zero-order valence-electron chi connectivity index (χ0n) is 24.0. The zero-order chi connectivity index (χ0) is 28.7. The largest absolute Gasteiger partial charge is 0.490 e. The molecule has 0 spiro atoms. The number of thiophene rings is 1. The molecular formula is C32H39N3O3S2. The molecule has 1 N–H and O–H groups in total. The number of aromatic amines is 1. The molecular weight excluding hydrogens is 539 g/mol. The fourth-order valence-corrected chi connectivity index (χ4v) is 7.71. The lowest BCUT2D eigenvalue weighted by Crippen LogP contribution is -2.30. The highest BCUT2D eigenvalue weighted by Crippen LogP contribution is 2.37. The highest BCUT2D eigenvalue weighted by atomic mass is 32.2. The molecule has 0 saturated carbocycles. The molecule has 0 amide bonds. The molecule has 2 heterocycles. The van der Waals surface area contributed by atoms with E-state index in [0.29, 0.717) is 17.2 Å². The summed E-state index contributed by atoms with van der Waals surface area (Å²) in [6.45, 7) is 13.8. The highest BCUT2D eigenvalue weighted by molar-refractivity contribution is 7.93. The van der Waals surface area contributed by atoms with E-state index in [-0.39, 0.29) is 6.54 Å². The number of sulfonamides is 1. The smallest absolute Gasteiger partial charge is 0.266 e. The predicted molar refractivity (Wildman–Crippen MR) is 169 cm³/mol. The Kier molecular flexibility index (Phi) is 9.90. The van der Waals surface area contributed by atoms with Crippen molar-refractivity contribution in [3.8, 4) is 5.75 Å². The first-order valence-electron chi connectivity index (χ1n) is 13.9. The van der Waals surface area contributed by atoms with Crippen LogP contribution in [0.4, 0.5) is 5.69 Å². The minimum Gasteiger partial charge on any atom is -0.490 e. The topological polar surface area (TPSA) is 65.6 Å². The van der Waals surface area contributed by atoms with Gasteiger partial charge in [0.05, 0.1) is 17.9 Å². The number of nitrogens with zero attached hydrogens (tertiary/aromatic N) is 2. The van der Waals surface area contributed by atoms with Crippen LogP contribution < -0.4 is 9.04 Å². The van der Waals surface area contributed by atoms with Gasteiger partial charge < -0.3 is 14.6 Å². The summed E-state index contributed by atoms with van der Waals surface area (Å²) in [5.41, 5.74) is 3.36. The van der Waals surface area contributed by atoms with Gasteiger partial charge in [-0.15, -0.1) is 11.3 Å². The van der Waals surface area contributed by atoms with E-state index in [9.17, 15) is 8.42 Å². The molecule has 0 unspecified atom stereocenters. The summed E-state index contributed by atoms with van der Waals surface area (Å²) < 4.78 is 37.2. The van der Waals surface area contributed by atoms with Crippen LogP contribution in [0, 0.1) is 6.92 Å². The van der Waals surface area contributed by atoms with Gasteiger partial charge in [-0.25, -0.2) is 8.42 Å². The van der Waals surface area contributed by atoms with Crippen molar-refractivity contribution in [2.24, 2.45) is 0 Å². The lowest BCUT2D eigenvalue weighted by atomic mass is 10.2. The minimum atomic E-state index is -3.86. The average Bonchev–Trinajstić information content (AvgIpc) is 3.56. The second-order valence-corrected chi connectivity index (χ2v) is 12.0. The molecule has 8 heteroatoms. The molecule has 5 rings (SSSR count). The Morgan fingerprint density at radius 1 is 0.900 bits per heavy atom. The Hall–Kier alpha value is -3.33. The first-order chi connectivity index (χ1) is 19.4. The normalized spacial score (nSPS) is 11.6. The fraction of sp³-hybridized carbons (Fsp3) is 0.312. The summed E-state index contributed by atoms with van der Waals surface area (Å²) in [6.07, 6.45) is 0. The standard InChI is InChI=1S/C30H33N3O3S2.C2H6/c1-4-32(5-2)17-18-36-30-22(3)31-27-16-15-24(19-26(27)30)33(20-23-11-7-6-8-12-23)38(34,35)29-21-37-28-14-10-9-13-25(28)29;1-2/h6-16,19,21,31H,4-5,17-18,20H2,1-3H3;1-2H3. The van der Waals surface area contributed by atoms with E-state index in [2.05, 4.69) is 23.7 Å². The van der Waals surface area contributed by atoms with E-state index in [1.807, 2.05) is 93.6 Å². The van der Waals surface area contributed by atoms with E-state index in [1.54, 1.807) is 5.38 Å². The molecule has 2 aromatic heterocycles. The number of rotatable bonds is 11. The minimum absolute atomic E-state index is 0.223. The third-order valence-electron chi connectivity index (χ3n) is 6.93. The molecule has 0 bridgehead atoms. The number of aryl methyl sites for hydroxylation is 1. The van der Waals surface area contributed by atoms with E-state index < -0.39 is 10.0 Å². The number of likely N-dealkylation sites (N-methyl/N-ethyl adjacent to an activating group) is 1. The van der Waals surface area contributed by atoms with Crippen molar-refractivity contribution < 1.29 is 13.2 Å². The summed E-state index contributed by atoms with van der Waals surface area (Å²) in [7, 11) is -3.86. The molecule has 0 aliphatic heterocycles. The SMILES string of the molecule is CC.CCN(CC)CCOc1c(C)[nH]c2ccc(N(Cc3ccccc3)S(=O)(=O)c3csc4ccccc34)cc12. The van der Waals surface area contributed by atoms with Gasteiger partial charge in [0.15, 0.2) is 0 Å². The van der Waals surface area contributed by atoms with Gasteiger partial charge in [-0.1, -0.05) is 76.2 Å². The van der Waals surface area contributed by atoms with Crippen molar-refractivity contribution in [2.45, 2.75) is 46.1 Å². The Balaban J connectivity index is 0.00000181. The van der Waals surface area contributed by atoms with Crippen molar-refractivity contribution in [1.29, 1.82) is 0 Å². The second-order valence-electron chi connectivity index (χ2n) is 9.28. The van der Waals surface area contributed by atoms with Gasteiger partial charge in [0.2, 0.25) is 0 Å². The summed E-state index contributed by atoms with van der Waals surface area (Å²) >= 11 is 1.45. The second kappa shape index (κ2) is 13.4. The van der Waals surface area contributed by atoms with Crippen molar-refractivity contribution in [3.63, 3.8) is 0 Å². The average molecular weight is 578 g/mol. The van der Waals surface area contributed by atoms with Gasteiger partial charge in [0, 0.05) is 32.9 Å². The maximum absolute atomic E-state index is 14.2. The number of benzene rings is 3. The molecule has 6 nitrogen and oxygen atoms in total. The number of hydrogen-bond acceptors (Lipinski definition) is 5. The van der Waals surface area contributed by atoms with Gasteiger partial charge in [0.1, 0.15) is 17.3 Å². The van der Waals surface area contributed by atoms with Crippen LogP contribution in [0.2, 0.25) is 0 Å². The third kappa shape index (κ3) is 6.19. The third-order valence-corrected chi connectivity index (χ3v) is 9.86. The number of hydrogen-bond donors (Lipinski definition) is 1. The van der Waals surface area contributed by atoms with E-state index in [0.717, 1.165) is 57.6 Å². The monoisotopic (exact) mass is 577 g/mol. The Bertz CT molecular complexity index is 1640. The van der Waals surface area contributed by atoms with Crippen LogP contribution in [0.15, 0.2) is 83.1 Å². The van der Waals surface area contributed by atoms with Crippen LogP contribution in [0.25, 0.3) is 21.0 Å². The maximum Gasteiger partial charge on any atom is 0.266 e. The van der Waals surface area contributed by atoms with Gasteiger partial charge >= 0.3 is 0 Å². The summed E-state index contributed by atoms with van der Waals surface area (Å²) in [4.78, 5) is 6.04. The molecule has 0 atom stereocenters. The molecule has 212 valence electrons. The summed E-state index contributed by atoms with van der Waals surface area (Å²) in [5.74, 6) is 0.770. The van der Waals surface area contributed by atoms with Crippen LogP contribution in [-0.2, 0) is 16.6 Å². The summed E-state index contributed by atoms with van der Waals surface area (Å²) in [5, 5.41) is 3.37. The van der Waals surface area contributed by atoms with Crippen LogP contribution in [0.5, 0.6) is 5.75 Å². The first-order valence-corrected chi connectivity index (χ1v) is 16.2. The van der Waals surface area contributed by atoms with Gasteiger partial charge in [-0.2, -0.15) is 0 Å². The predicted octanol–water partition coefficient (Wildman–Crippen LogP) is 7.83. The van der Waals surface area contributed by atoms with Crippen molar-refractivity contribution >= 4 is 48.0 Å². The molecule has 0 saturated heterocycles. The Morgan fingerprint density at radius 2 is 1.60 bits per heavy atom. The molecule has 40 heavy (non-hydrogen) atoms. The summed E-state index contributed by atoms with van der Waals surface area (Å²) in [6, 6.07) is 23.1. The number of nitrogens with one attached hydrogen (secondary N) is 1. The van der Waals surface area contributed by atoms with E-state index in [4.69, 9.17) is 4.74 Å². The lowest BCUT2D eigenvalue weighted by Gasteiger charge is -2.25. The van der Waals surface area contributed by atoms with Gasteiger partial charge in [0.25, 0.3) is 10.0 Å². The number of anilines is 1. The maximum atomic E-state index is 14.2. The van der Waals surface area contributed by atoms with Crippen LogP contribution in [0.3, 0.4) is 0 Å². The Morgan fingerprint density at radius 3 is 2.33 bits per heavy atom. The fourth-order valence-electron chi connectivity index (χ4n) is 4.78. The van der Waals surface area contributed by atoms with Crippen molar-refractivity contribution in [3.05, 3.63) is 89.4 Å². The molecule has 0 aliphatic carbocycles. The van der Waals surface area contributed by atoms with E-state index >= 15 is 0 Å². The van der Waals surface area contributed by atoms with Crippen LogP contribution in [-0.4, -0.2) is 44.5 Å². The number of H-pyrrole nitrogens is 1. The molecule has 5 aromatic rings.